The van der Waals surface area contributed by atoms with Gasteiger partial charge in [-0.05, 0) is 94.4 Å². The molecule has 134 valence electrons. The molecule has 0 aliphatic rings. The van der Waals surface area contributed by atoms with Crippen molar-refractivity contribution >= 4 is 63.7 Å². The van der Waals surface area contributed by atoms with E-state index in [9.17, 15) is 10.2 Å². The van der Waals surface area contributed by atoms with Gasteiger partial charge in [-0.1, -0.05) is 6.92 Å². The van der Waals surface area contributed by atoms with Crippen molar-refractivity contribution in [2.45, 2.75) is 13.3 Å². The van der Waals surface area contributed by atoms with Gasteiger partial charge in [0.05, 0.1) is 41.2 Å². The smallest absolute Gasteiger partial charge is 0.143 e. The zero-order valence-corrected chi connectivity index (χ0v) is 19.7. The highest BCUT2D eigenvalue weighted by atomic mass is 79.9. The fraction of sp³-hybridized carbons (Fsp3) is 0.111. The van der Waals surface area contributed by atoms with Crippen molar-refractivity contribution in [1.82, 2.24) is 9.97 Å². The number of halogens is 4. The number of aromatic nitrogens is 2. The number of phenolic OH excluding ortho intramolecular Hbond substituents is 2. The molecule has 0 aliphatic carbocycles. The van der Waals surface area contributed by atoms with Crippen molar-refractivity contribution in [3.63, 3.8) is 0 Å². The first-order valence-electron chi connectivity index (χ1n) is 7.54. The molecule has 0 bridgehead atoms. The summed E-state index contributed by atoms with van der Waals surface area (Å²) in [6.45, 7) is 2.02. The summed E-state index contributed by atoms with van der Waals surface area (Å²) in [6, 6.07) is 7.24. The Bertz CT molecular complexity index is 962. The lowest BCUT2D eigenvalue weighted by molar-refractivity contribution is 0.468. The summed E-state index contributed by atoms with van der Waals surface area (Å²) < 4.78 is 2.33. The fourth-order valence-electron chi connectivity index (χ4n) is 2.47. The molecule has 8 heteroatoms. The minimum atomic E-state index is 0.146. The number of hydrogen-bond acceptors (Lipinski definition) is 4. The van der Waals surface area contributed by atoms with Gasteiger partial charge < -0.3 is 10.2 Å². The molecule has 3 aromatic rings. The summed E-state index contributed by atoms with van der Waals surface area (Å²) in [5.74, 6) is 0.294. The largest absolute Gasteiger partial charge is 0.506 e. The molecular formula is C18H12Br4N2O2. The van der Waals surface area contributed by atoms with Gasteiger partial charge >= 0.3 is 0 Å². The van der Waals surface area contributed by atoms with Gasteiger partial charge in [0.15, 0.2) is 0 Å². The second-order valence-electron chi connectivity index (χ2n) is 5.48. The number of phenols is 2. The van der Waals surface area contributed by atoms with Gasteiger partial charge in [0.1, 0.15) is 11.5 Å². The molecule has 0 amide bonds. The summed E-state index contributed by atoms with van der Waals surface area (Å²) in [6.07, 6.45) is 2.40. The van der Waals surface area contributed by atoms with Gasteiger partial charge in [0.2, 0.25) is 0 Å². The van der Waals surface area contributed by atoms with E-state index in [1.807, 2.05) is 19.1 Å². The first kappa shape index (κ1) is 19.8. The number of rotatable bonds is 3. The van der Waals surface area contributed by atoms with E-state index in [1.165, 1.54) is 0 Å². The van der Waals surface area contributed by atoms with Gasteiger partial charge in [-0.2, -0.15) is 0 Å². The highest BCUT2D eigenvalue weighted by Gasteiger charge is 2.15. The summed E-state index contributed by atoms with van der Waals surface area (Å²) in [5.41, 5.74) is 4.00. The molecule has 2 aromatic carbocycles. The Morgan fingerprint density at radius 3 is 1.73 bits per heavy atom. The molecule has 1 heterocycles. The SMILES string of the molecule is CCc1nc(-c2cc(Br)c(O)c(Br)c2)cnc1-c1cc(Br)c(O)c(Br)c1. The highest BCUT2D eigenvalue weighted by Crippen LogP contribution is 2.39. The molecule has 26 heavy (non-hydrogen) atoms. The molecular weight excluding hydrogens is 596 g/mol. The normalized spacial score (nSPS) is 11.0. The van der Waals surface area contributed by atoms with E-state index >= 15 is 0 Å². The highest BCUT2D eigenvalue weighted by molar-refractivity contribution is 9.11. The second-order valence-corrected chi connectivity index (χ2v) is 8.90. The van der Waals surface area contributed by atoms with Crippen LogP contribution in [0.3, 0.4) is 0 Å². The van der Waals surface area contributed by atoms with Crippen molar-refractivity contribution in [3.8, 4) is 34.0 Å². The van der Waals surface area contributed by atoms with Crippen LogP contribution in [0, 0.1) is 0 Å². The lowest BCUT2D eigenvalue weighted by Crippen LogP contribution is -1.99. The standard InChI is InChI=1S/C18H12Br4N2O2/c1-2-14-16(9-5-12(21)18(26)13(22)6-9)23-7-15(24-14)8-3-10(19)17(25)11(20)4-8/h3-7,25-26H,2H2,1H3. The minimum Gasteiger partial charge on any atom is -0.506 e. The average Bonchev–Trinajstić information content (AvgIpc) is 2.62. The van der Waals surface area contributed by atoms with Gasteiger partial charge in [-0.25, -0.2) is 4.98 Å². The molecule has 0 atom stereocenters. The topological polar surface area (TPSA) is 66.2 Å². The summed E-state index contributed by atoms with van der Waals surface area (Å²) >= 11 is 13.4. The Labute approximate surface area is 184 Å². The third-order valence-corrected chi connectivity index (χ3v) is 6.20. The van der Waals surface area contributed by atoms with E-state index in [0.29, 0.717) is 30.0 Å². The summed E-state index contributed by atoms with van der Waals surface area (Å²) in [5, 5.41) is 19.8. The van der Waals surface area contributed by atoms with Crippen molar-refractivity contribution in [2.24, 2.45) is 0 Å². The van der Waals surface area contributed by atoms with E-state index < -0.39 is 0 Å². The Morgan fingerprint density at radius 1 is 0.808 bits per heavy atom. The molecule has 3 rings (SSSR count). The molecule has 0 unspecified atom stereocenters. The lowest BCUT2D eigenvalue weighted by Gasteiger charge is -2.12. The predicted octanol–water partition coefficient (Wildman–Crippen LogP) is 6.83. The Kier molecular flexibility index (Phi) is 6.06. The van der Waals surface area contributed by atoms with Crippen molar-refractivity contribution in [1.29, 1.82) is 0 Å². The van der Waals surface area contributed by atoms with Crippen LogP contribution in [0.4, 0.5) is 0 Å². The molecule has 0 spiro atoms. The third kappa shape index (κ3) is 3.83. The van der Waals surface area contributed by atoms with E-state index in [1.54, 1.807) is 18.3 Å². The molecule has 0 saturated heterocycles. The van der Waals surface area contributed by atoms with Crippen LogP contribution >= 0.6 is 63.7 Å². The Hall–Kier alpha value is -0.960. The van der Waals surface area contributed by atoms with E-state index in [0.717, 1.165) is 22.5 Å². The first-order chi connectivity index (χ1) is 12.3. The van der Waals surface area contributed by atoms with E-state index in [-0.39, 0.29) is 11.5 Å². The molecule has 2 N–H and O–H groups in total. The molecule has 0 radical (unpaired) electrons. The number of hydrogen-bond donors (Lipinski definition) is 2. The zero-order valence-electron chi connectivity index (χ0n) is 13.4. The summed E-state index contributed by atoms with van der Waals surface area (Å²) in [7, 11) is 0. The maximum absolute atomic E-state index is 9.91. The lowest BCUT2D eigenvalue weighted by atomic mass is 10.1. The number of aryl methyl sites for hydroxylation is 1. The van der Waals surface area contributed by atoms with Crippen LogP contribution in [0.5, 0.6) is 11.5 Å². The second kappa shape index (κ2) is 7.96. The van der Waals surface area contributed by atoms with Crippen LogP contribution in [0.1, 0.15) is 12.6 Å². The van der Waals surface area contributed by atoms with E-state index in [2.05, 4.69) is 68.7 Å². The maximum Gasteiger partial charge on any atom is 0.143 e. The van der Waals surface area contributed by atoms with Crippen LogP contribution in [-0.4, -0.2) is 20.2 Å². The summed E-state index contributed by atoms with van der Waals surface area (Å²) in [4.78, 5) is 9.36. The van der Waals surface area contributed by atoms with Crippen LogP contribution in [0.15, 0.2) is 48.4 Å². The van der Waals surface area contributed by atoms with Gasteiger partial charge in [-0.15, -0.1) is 0 Å². The average molecular weight is 608 g/mol. The quantitative estimate of drug-likeness (QED) is 0.342. The fourth-order valence-corrected chi connectivity index (χ4v) is 4.84. The van der Waals surface area contributed by atoms with Crippen molar-refractivity contribution in [2.75, 3.05) is 0 Å². The number of aromatic hydroxyl groups is 2. The zero-order chi connectivity index (χ0) is 19.0. The van der Waals surface area contributed by atoms with Crippen LogP contribution in [0.2, 0.25) is 0 Å². The number of benzene rings is 2. The monoisotopic (exact) mass is 604 g/mol. The Balaban J connectivity index is 2.12. The van der Waals surface area contributed by atoms with Gasteiger partial charge in [-0.3, -0.25) is 4.98 Å². The predicted molar refractivity (Wildman–Crippen MR) is 116 cm³/mol. The van der Waals surface area contributed by atoms with Crippen molar-refractivity contribution < 1.29 is 10.2 Å². The first-order valence-corrected chi connectivity index (χ1v) is 10.7. The Morgan fingerprint density at radius 2 is 1.27 bits per heavy atom. The van der Waals surface area contributed by atoms with Crippen LogP contribution in [-0.2, 0) is 6.42 Å². The molecule has 4 nitrogen and oxygen atoms in total. The third-order valence-electron chi connectivity index (χ3n) is 3.78. The molecule has 1 aromatic heterocycles. The van der Waals surface area contributed by atoms with Gasteiger partial charge in [0, 0.05) is 11.1 Å². The van der Waals surface area contributed by atoms with Crippen molar-refractivity contribution in [3.05, 3.63) is 54.0 Å². The van der Waals surface area contributed by atoms with Crippen LogP contribution in [0.25, 0.3) is 22.5 Å². The molecule has 0 fully saturated rings. The molecule has 0 saturated carbocycles. The van der Waals surface area contributed by atoms with Crippen LogP contribution < -0.4 is 0 Å². The minimum absolute atomic E-state index is 0.146. The number of nitrogens with zero attached hydrogens (tertiary/aromatic N) is 2. The molecule has 0 aliphatic heterocycles. The van der Waals surface area contributed by atoms with Gasteiger partial charge in [0.25, 0.3) is 0 Å². The maximum atomic E-state index is 9.91. The van der Waals surface area contributed by atoms with E-state index in [4.69, 9.17) is 4.98 Å².